The molecule has 0 amide bonds. The van der Waals surface area contributed by atoms with Gasteiger partial charge >= 0.3 is 0 Å². The molecule has 0 spiro atoms. The number of benzene rings is 1. The second-order valence-electron chi connectivity index (χ2n) is 5.00. The Bertz CT molecular complexity index is 1070. The first-order valence-electron chi connectivity index (χ1n) is 7.09. The molecule has 0 fully saturated rings. The summed E-state index contributed by atoms with van der Waals surface area (Å²) in [4.78, 5) is 23.5. The average Bonchev–Trinajstić information content (AvgIpc) is 3.22. The van der Waals surface area contributed by atoms with Crippen molar-refractivity contribution in [3.63, 3.8) is 0 Å². The number of H-pyrrole nitrogens is 1. The van der Waals surface area contributed by atoms with Gasteiger partial charge in [0.05, 0.1) is 17.0 Å². The Kier molecular flexibility index (Phi) is 3.91. The van der Waals surface area contributed by atoms with E-state index in [1.807, 2.05) is 17.5 Å². The van der Waals surface area contributed by atoms with Crippen molar-refractivity contribution in [2.24, 2.45) is 0 Å². The second-order valence-corrected chi connectivity index (χ2v) is 6.85. The zero-order valence-electron chi connectivity index (χ0n) is 12.3. The SMILES string of the molecule is O=c1[nH]c(CSc2nccn2-c2cccc(F)c2)nc2ccsc12. The third kappa shape index (κ3) is 2.85. The lowest BCUT2D eigenvalue weighted by atomic mass is 10.3. The fourth-order valence-corrected chi connectivity index (χ4v) is 3.91. The molecule has 4 aromatic rings. The molecule has 0 bridgehead atoms. The Labute approximate surface area is 144 Å². The largest absolute Gasteiger partial charge is 0.309 e. The normalized spacial score (nSPS) is 11.2. The van der Waals surface area contributed by atoms with E-state index >= 15 is 0 Å². The van der Waals surface area contributed by atoms with Crippen LogP contribution in [0.2, 0.25) is 0 Å². The van der Waals surface area contributed by atoms with E-state index in [0.717, 1.165) is 0 Å². The first kappa shape index (κ1) is 15.1. The van der Waals surface area contributed by atoms with Crippen LogP contribution in [0, 0.1) is 5.82 Å². The summed E-state index contributed by atoms with van der Waals surface area (Å²) in [5, 5.41) is 2.55. The summed E-state index contributed by atoms with van der Waals surface area (Å²) in [6, 6.07) is 8.15. The molecular formula is C16H11FN4OS2. The minimum absolute atomic E-state index is 0.126. The van der Waals surface area contributed by atoms with Crippen LogP contribution in [0.15, 0.2) is 58.1 Å². The number of thioether (sulfide) groups is 1. The van der Waals surface area contributed by atoms with Crippen LogP contribution in [0.4, 0.5) is 4.39 Å². The van der Waals surface area contributed by atoms with Crippen molar-refractivity contribution >= 4 is 33.3 Å². The lowest BCUT2D eigenvalue weighted by Crippen LogP contribution is -2.09. The Hall–Kier alpha value is -2.45. The van der Waals surface area contributed by atoms with Gasteiger partial charge in [0.25, 0.3) is 5.56 Å². The fourth-order valence-electron chi connectivity index (χ4n) is 2.34. The van der Waals surface area contributed by atoms with Gasteiger partial charge < -0.3 is 4.98 Å². The average molecular weight is 358 g/mol. The number of thiophene rings is 1. The third-order valence-electron chi connectivity index (χ3n) is 3.40. The molecule has 0 unspecified atom stereocenters. The van der Waals surface area contributed by atoms with Crippen molar-refractivity contribution in [3.8, 4) is 5.69 Å². The van der Waals surface area contributed by atoms with Gasteiger partial charge in [-0.25, -0.2) is 14.4 Å². The molecule has 5 nitrogen and oxygen atoms in total. The summed E-state index contributed by atoms with van der Waals surface area (Å²) in [5.74, 6) is 0.753. The molecule has 0 atom stereocenters. The number of rotatable bonds is 4. The van der Waals surface area contributed by atoms with Crippen molar-refractivity contribution in [3.05, 3.63) is 70.1 Å². The Morgan fingerprint density at radius 2 is 2.25 bits per heavy atom. The predicted molar refractivity (Wildman–Crippen MR) is 93.3 cm³/mol. The molecule has 3 aromatic heterocycles. The van der Waals surface area contributed by atoms with Gasteiger partial charge in [0, 0.05) is 12.4 Å². The van der Waals surface area contributed by atoms with Crippen LogP contribution in [0.5, 0.6) is 0 Å². The molecule has 0 radical (unpaired) electrons. The Morgan fingerprint density at radius 3 is 3.12 bits per heavy atom. The quantitative estimate of drug-likeness (QED) is 0.566. The Balaban J connectivity index is 1.60. The van der Waals surface area contributed by atoms with E-state index in [-0.39, 0.29) is 11.4 Å². The number of halogens is 1. The van der Waals surface area contributed by atoms with Gasteiger partial charge in [0.15, 0.2) is 5.16 Å². The number of nitrogens with one attached hydrogen (secondary N) is 1. The van der Waals surface area contributed by atoms with Crippen LogP contribution in [-0.2, 0) is 5.75 Å². The van der Waals surface area contributed by atoms with Gasteiger partial charge in [-0.2, -0.15) is 0 Å². The van der Waals surface area contributed by atoms with Crippen LogP contribution in [0.25, 0.3) is 15.9 Å². The number of imidazole rings is 1. The molecule has 4 rings (SSSR count). The van der Waals surface area contributed by atoms with E-state index < -0.39 is 0 Å². The molecule has 0 saturated carbocycles. The first-order valence-corrected chi connectivity index (χ1v) is 8.96. The highest BCUT2D eigenvalue weighted by atomic mass is 32.2. The summed E-state index contributed by atoms with van der Waals surface area (Å²) in [6.07, 6.45) is 3.43. The highest BCUT2D eigenvalue weighted by Gasteiger charge is 2.09. The highest BCUT2D eigenvalue weighted by Crippen LogP contribution is 2.24. The highest BCUT2D eigenvalue weighted by molar-refractivity contribution is 7.98. The van der Waals surface area contributed by atoms with E-state index in [9.17, 15) is 9.18 Å². The molecule has 0 aliphatic carbocycles. The number of fused-ring (bicyclic) bond motifs is 1. The van der Waals surface area contributed by atoms with Crippen LogP contribution >= 0.6 is 23.1 Å². The summed E-state index contributed by atoms with van der Waals surface area (Å²) in [7, 11) is 0. The molecule has 0 saturated heterocycles. The van der Waals surface area contributed by atoms with Crippen molar-refractivity contribution in [2.45, 2.75) is 10.9 Å². The van der Waals surface area contributed by atoms with Gasteiger partial charge in [0.1, 0.15) is 16.3 Å². The molecule has 3 heterocycles. The molecule has 1 aromatic carbocycles. The maximum Gasteiger partial charge on any atom is 0.268 e. The molecule has 1 N–H and O–H groups in total. The first-order chi connectivity index (χ1) is 11.7. The van der Waals surface area contributed by atoms with Crippen molar-refractivity contribution < 1.29 is 4.39 Å². The van der Waals surface area contributed by atoms with Crippen molar-refractivity contribution in [1.29, 1.82) is 0 Å². The van der Waals surface area contributed by atoms with Crippen LogP contribution in [-0.4, -0.2) is 19.5 Å². The van der Waals surface area contributed by atoms with Gasteiger partial charge in [-0.3, -0.25) is 9.36 Å². The number of hydrogen-bond acceptors (Lipinski definition) is 5. The van der Waals surface area contributed by atoms with Gasteiger partial charge in [-0.15, -0.1) is 11.3 Å². The Morgan fingerprint density at radius 1 is 1.33 bits per heavy atom. The van der Waals surface area contributed by atoms with Gasteiger partial charge in [-0.1, -0.05) is 17.8 Å². The van der Waals surface area contributed by atoms with E-state index in [4.69, 9.17) is 0 Å². The molecule has 8 heteroatoms. The lowest BCUT2D eigenvalue weighted by molar-refractivity contribution is 0.626. The minimum Gasteiger partial charge on any atom is -0.309 e. The summed E-state index contributed by atoms with van der Waals surface area (Å²) in [6.45, 7) is 0. The van der Waals surface area contributed by atoms with Crippen LogP contribution in [0.1, 0.15) is 5.82 Å². The number of hydrogen-bond donors (Lipinski definition) is 1. The minimum atomic E-state index is -0.300. The van der Waals surface area contributed by atoms with Gasteiger partial charge in [-0.05, 0) is 29.6 Å². The monoisotopic (exact) mass is 358 g/mol. The van der Waals surface area contributed by atoms with Crippen molar-refractivity contribution in [2.75, 3.05) is 0 Å². The molecule has 24 heavy (non-hydrogen) atoms. The number of aromatic amines is 1. The number of aromatic nitrogens is 4. The molecular weight excluding hydrogens is 347 g/mol. The molecule has 120 valence electrons. The smallest absolute Gasteiger partial charge is 0.268 e. The molecule has 0 aliphatic rings. The topological polar surface area (TPSA) is 63.6 Å². The van der Waals surface area contributed by atoms with Crippen LogP contribution < -0.4 is 5.56 Å². The maximum atomic E-state index is 13.4. The zero-order valence-corrected chi connectivity index (χ0v) is 13.9. The molecule has 0 aliphatic heterocycles. The zero-order chi connectivity index (χ0) is 16.5. The van der Waals surface area contributed by atoms with E-state index in [0.29, 0.717) is 32.6 Å². The summed E-state index contributed by atoms with van der Waals surface area (Å²) in [5.41, 5.74) is 1.27. The number of nitrogens with zero attached hydrogens (tertiary/aromatic N) is 3. The van der Waals surface area contributed by atoms with E-state index in [1.165, 1.54) is 35.2 Å². The second kappa shape index (κ2) is 6.21. The summed E-state index contributed by atoms with van der Waals surface area (Å²) >= 11 is 2.80. The van der Waals surface area contributed by atoms with Crippen molar-refractivity contribution in [1.82, 2.24) is 19.5 Å². The maximum absolute atomic E-state index is 13.4. The standard InChI is InChI=1S/C16H11FN4OS2/c17-10-2-1-3-11(8-10)21-6-5-18-16(21)24-9-13-19-12-4-7-23-14(12)15(22)20-13/h1-8H,9H2,(H,19,20,22). The predicted octanol–water partition coefficient (Wildman–Crippen LogP) is 3.60. The van der Waals surface area contributed by atoms with E-state index in [1.54, 1.807) is 23.0 Å². The summed E-state index contributed by atoms with van der Waals surface area (Å²) < 4.78 is 15.8. The fraction of sp³-hybridized carbons (Fsp3) is 0.0625. The third-order valence-corrected chi connectivity index (χ3v) is 5.28. The lowest BCUT2D eigenvalue weighted by Gasteiger charge is -2.07. The van der Waals surface area contributed by atoms with Gasteiger partial charge in [0.2, 0.25) is 0 Å². The van der Waals surface area contributed by atoms with Crippen LogP contribution in [0.3, 0.4) is 0 Å². The van der Waals surface area contributed by atoms with E-state index in [2.05, 4.69) is 15.0 Å².